The Labute approximate surface area is 139 Å². The van der Waals surface area contributed by atoms with Gasteiger partial charge in [0.25, 0.3) is 0 Å². The Hall–Kier alpha value is -1.02. The van der Waals surface area contributed by atoms with Crippen LogP contribution in [0.2, 0.25) is 5.15 Å². The number of fused-ring (bicyclic) bond motifs is 1. The number of aromatic nitrogens is 3. The molecular formula is C14H21ClN6S. The zero-order chi connectivity index (χ0) is 15.9. The first-order valence-corrected chi connectivity index (χ1v) is 8.56. The molecule has 1 aliphatic rings. The van der Waals surface area contributed by atoms with E-state index in [9.17, 15) is 0 Å². The van der Waals surface area contributed by atoms with Crippen molar-refractivity contribution in [3.63, 3.8) is 0 Å². The van der Waals surface area contributed by atoms with Crippen molar-refractivity contribution in [3.8, 4) is 0 Å². The van der Waals surface area contributed by atoms with Gasteiger partial charge in [-0.15, -0.1) is 0 Å². The van der Waals surface area contributed by atoms with Gasteiger partial charge in [-0.05, 0) is 44.9 Å². The standard InChI is InChI=1S/C14H21ClN6S/c1-9-6-12(15)21-13(9)14(17-10(2)18-21)20-7-11(8-20)4-5-19(3)22-16/h6,11H,4-5,7-8,16H2,1-3H3. The smallest absolute Gasteiger partial charge is 0.157 e. The predicted molar refractivity (Wildman–Crippen MR) is 92.2 cm³/mol. The van der Waals surface area contributed by atoms with Crippen molar-refractivity contribution in [2.45, 2.75) is 20.3 Å². The lowest BCUT2D eigenvalue weighted by Crippen LogP contribution is -2.48. The number of nitrogens with two attached hydrogens (primary N) is 1. The van der Waals surface area contributed by atoms with E-state index in [0.29, 0.717) is 11.1 Å². The highest BCUT2D eigenvalue weighted by Crippen LogP contribution is 2.32. The van der Waals surface area contributed by atoms with Gasteiger partial charge in [0, 0.05) is 31.8 Å². The Morgan fingerprint density at radius 3 is 2.86 bits per heavy atom. The molecule has 2 aromatic rings. The molecule has 2 aromatic heterocycles. The van der Waals surface area contributed by atoms with Crippen molar-refractivity contribution in [2.24, 2.45) is 11.1 Å². The van der Waals surface area contributed by atoms with Crippen LogP contribution in [-0.4, -0.2) is 45.6 Å². The molecule has 0 aromatic carbocycles. The minimum atomic E-state index is 0.637. The average Bonchev–Trinajstić information content (AvgIpc) is 2.71. The van der Waals surface area contributed by atoms with Crippen molar-refractivity contribution in [2.75, 3.05) is 31.6 Å². The van der Waals surface area contributed by atoms with E-state index in [1.54, 1.807) is 4.52 Å². The summed E-state index contributed by atoms with van der Waals surface area (Å²) in [5.41, 5.74) is 2.13. The zero-order valence-corrected chi connectivity index (χ0v) is 14.7. The van der Waals surface area contributed by atoms with Gasteiger partial charge in [-0.2, -0.15) is 5.10 Å². The molecule has 1 fully saturated rings. The van der Waals surface area contributed by atoms with Crippen LogP contribution in [0, 0.1) is 19.8 Å². The maximum absolute atomic E-state index is 6.25. The molecule has 3 rings (SSSR count). The highest BCUT2D eigenvalue weighted by molar-refractivity contribution is 7.94. The van der Waals surface area contributed by atoms with Gasteiger partial charge in [0.05, 0.1) is 0 Å². The molecular weight excluding hydrogens is 320 g/mol. The SMILES string of the molecule is Cc1nc(N2CC(CCN(C)SN)C2)c2c(C)cc(Cl)n2n1. The molecule has 0 radical (unpaired) electrons. The van der Waals surface area contributed by atoms with Crippen LogP contribution >= 0.6 is 23.7 Å². The Kier molecular flexibility index (Phi) is 4.49. The summed E-state index contributed by atoms with van der Waals surface area (Å²) in [6.45, 7) is 7.01. The Morgan fingerprint density at radius 2 is 2.18 bits per heavy atom. The molecule has 2 N–H and O–H groups in total. The molecule has 8 heteroatoms. The summed E-state index contributed by atoms with van der Waals surface area (Å²) >= 11 is 7.54. The van der Waals surface area contributed by atoms with Crippen molar-refractivity contribution < 1.29 is 0 Å². The molecule has 22 heavy (non-hydrogen) atoms. The summed E-state index contributed by atoms with van der Waals surface area (Å²) in [5, 5.41) is 10.6. The number of nitrogens with zero attached hydrogens (tertiary/aromatic N) is 5. The van der Waals surface area contributed by atoms with Crippen LogP contribution in [0.25, 0.3) is 5.52 Å². The van der Waals surface area contributed by atoms with Crippen LogP contribution in [0.1, 0.15) is 17.8 Å². The van der Waals surface area contributed by atoms with Crippen LogP contribution in [0.3, 0.4) is 0 Å². The number of aryl methyl sites for hydroxylation is 2. The van der Waals surface area contributed by atoms with Crippen LogP contribution in [0.4, 0.5) is 5.82 Å². The molecule has 0 unspecified atom stereocenters. The van der Waals surface area contributed by atoms with E-state index in [-0.39, 0.29) is 0 Å². The van der Waals surface area contributed by atoms with Gasteiger partial charge in [-0.25, -0.2) is 13.8 Å². The maximum atomic E-state index is 6.25. The normalized spacial score (nSPS) is 15.8. The van der Waals surface area contributed by atoms with E-state index >= 15 is 0 Å². The van der Waals surface area contributed by atoms with Crippen LogP contribution < -0.4 is 10.0 Å². The molecule has 0 spiro atoms. The summed E-state index contributed by atoms with van der Waals surface area (Å²) in [6, 6.07) is 1.94. The first kappa shape index (κ1) is 15.9. The summed E-state index contributed by atoms with van der Waals surface area (Å²) < 4.78 is 3.85. The van der Waals surface area contributed by atoms with Crippen molar-refractivity contribution in [1.29, 1.82) is 0 Å². The molecule has 0 saturated carbocycles. The first-order valence-electron chi connectivity index (χ1n) is 7.35. The second-order valence-electron chi connectivity index (χ2n) is 5.91. The van der Waals surface area contributed by atoms with Gasteiger partial charge in [0.1, 0.15) is 16.5 Å². The largest absolute Gasteiger partial charge is 0.354 e. The fourth-order valence-electron chi connectivity index (χ4n) is 2.89. The molecule has 1 aliphatic heterocycles. The van der Waals surface area contributed by atoms with Crippen molar-refractivity contribution in [3.05, 3.63) is 22.6 Å². The quantitative estimate of drug-likeness (QED) is 0.842. The zero-order valence-electron chi connectivity index (χ0n) is 13.1. The highest BCUT2D eigenvalue weighted by atomic mass is 35.5. The van der Waals surface area contributed by atoms with E-state index < -0.39 is 0 Å². The Morgan fingerprint density at radius 1 is 1.45 bits per heavy atom. The van der Waals surface area contributed by atoms with Crippen molar-refractivity contribution in [1.82, 2.24) is 18.9 Å². The number of halogens is 1. The minimum Gasteiger partial charge on any atom is -0.354 e. The third-order valence-electron chi connectivity index (χ3n) is 4.14. The molecule has 0 atom stereocenters. The monoisotopic (exact) mass is 340 g/mol. The van der Waals surface area contributed by atoms with E-state index in [1.807, 2.05) is 27.0 Å². The predicted octanol–water partition coefficient (Wildman–Crippen LogP) is 2.28. The molecule has 0 aliphatic carbocycles. The molecule has 1 saturated heterocycles. The summed E-state index contributed by atoms with van der Waals surface area (Å²) in [5.74, 6) is 2.42. The molecule has 3 heterocycles. The average molecular weight is 341 g/mol. The Bertz CT molecular complexity index is 682. The van der Waals surface area contributed by atoms with Crippen LogP contribution in [0.15, 0.2) is 6.07 Å². The van der Waals surface area contributed by atoms with Gasteiger partial charge in [0.15, 0.2) is 5.82 Å². The summed E-state index contributed by atoms with van der Waals surface area (Å²) in [7, 11) is 2.02. The maximum Gasteiger partial charge on any atom is 0.157 e. The molecule has 120 valence electrons. The van der Waals surface area contributed by atoms with Gasteiger partial charge < -0.3 is 4.90 Å². The number of rotatable bonds is 5. The van der Waals surface area contributed by atoms with E-state index in [2.05, 4.69) is 19.3 Å². The van der Waals surface area contributed by atoms with Crippen molar-refractivity contribution >= 4 is 35.1 Å². The first-order chi connectivity index (χ1) is 10.5. The number of anilines is 1. The van der Waals surface area contributed by atoms with E-state index in [4.69, 9.17) is 16.7 Å². The summed E-state index contributed by atoms with van der Waals surface area (Å²) in [6.07, 6.45) is 1.15. The topological polar surface area (TPSA) is 62.7 Å². The second kappa shape index (κ2) is 6.23. The lowest BCUT2D eigenvalue weighted by atomic mass is 9.96. The minimum absolute atomic E-state index is 0.637. The summed E-state index contributed by atoms with van der Waals surface area (Å²) in [4.78, 5) is 6.96. The fourth-order valence-corrected chi connectivity index (χ4v) is 3.38. The van der Waals surface area contributed by atoms with Gasteiger partial charge in [-0.3, -0.25) is 5.14 Å². The van der Waals surface area contributed by atoms with Gasteiger partial charge in [0.2, 0.25) is 0 Å². The Balaban J connectivity index is 1.76. The van der Waals surface area contributed by atoms with E-state index in [1.165, 1.54) is 12.1 Å². The van der Waals surface area contributed by atoms with Gasteiger partial charge >= 0.3 is 0 Å². The highest BCUT2D eigenvalue weighted by Gasteiger charge is 2.30. The van der Waals surface area contributed by atoms with Crippen LogP contribution in [-0.2, 0) is 0 Å². The fraction of sp³-hybridized carbons (Fsp3) is 0.571. The van der Waals surface area contributed by atoms with E-state index in [0.717, 1.165) is 48.8 Å². The number of hydrogen-bond acceptors (Lipinski definition) is 6. The molecule has 6 nitrogen and oxygen atoms in total. The third-order valence-corrected chi connectivity index (χ3v) is 4.95. The lowest BCUT2D eigenvalue weighted by Gasteiger charge is -2.41. The third kappa shape index (κ3) is 2.90. The van der Waals surface area contributed by atoms with Crippen LogP contribution in [0.5, 0.6) is 0 Å². The van der Waals surface area contributed by atoms with Gasteiger partial charge in [-0.1, -0.05) is 11.6 Å². The molecule has 0 bridgehead atoms. The number of hydrogen-bond donors (Lipinski definition) is 1. The lowest BCUT2D eigenvalue weighted by molar-refractivity contribution is 0.353. The second-order valence-corrected chi connectivity index (χ2v) is 7.13. The molecule has 0 amide bonds.